The van der Waals surface area contributed by atoms with Gasteiger partial charge in [0, 0.05) is 22.9 Å². The molecule has 4 aromatic rings. The van der Waals surface area contributed by atoms with Crippen LogP contribution in [0.15, 0.2) is 72.9 Å². The molecule has 0 bridgehead atoms. The van der Waals surface area contributed by atoms with Gasteiger partial charge in [-0.2, -0.15) is 0 Å². The number of Topliss-reactive ketones (excluding diaryl/α,β-unsaturated/α-hetero) is 1. The molecule has 184 valence electrons. The zero-order chi connectivity index (χ0) is 25.5. The van der Waals surface area contributed by atoms with Crippen LogP contribution in [0.3, 0.4) is 0 Å². The Hall–Kier alpha value is -3.93. The van der Waals surface area contributed by atoms with Crippen molar-refractivity contribution in [2.45, 2.75) is 58.1 Å². The number of nitrogens with zero attached hydrogens (tertiary/aromatic N) is 2. The first-order valence-electron chi connectivity index (χ1n) is 12.4. The predicted molar refractivity (Wildman–Crippen MR) is 141 cm³/mol. The summed E-state index contributed by atoms with van der Waals surface area (Å²) in [5, 5.41) is 3.12. The molecule has 1 saturated carbocycles. The van der Waals surface area contributed by atoms with Gasteiger partial charge in [0.1, 0.15) is 11.2 Å². The molecule has 1 fully saturated rings. The van der Waals surface area contributed by atoms with E-state index in [4.69, 9.17) is 9.72 Å². The molecule has 36 heavy (non-hydrogen) atoms. The van der Waals surface area contributed by atoms with Gasteiger partial charge < -0.3 is 10.1 Å². The summed E-state index contributed by atoms with van der Waals surface area (Å²) >= 11 is 0. The average molecular weight is 482 g/mol. The van der Waals surface area contributed by atoms with Crippen LogP contribution >= 0.6 is 0 Å². The van der Waals surface area contributed by atoms with Crippen molar-refractivity contribution in [2.75, 3.05) is 0 Å². The number of carbonyl (C=O) groups excluding carboxylic acids is 2. The van der Waals surface area contributed by atoms with Gasteiger partial charge in [-0.1, -0.05) is 54.6 Å². The topological polar surface area (TPSA) is 72.7 Å². The number of hydrogen-bond donors (Lipinski definition) is 1. The third-order valence-corrected chi connectivity index (χ3v) is 6.74. The van der Waals surface area contributed by atoms with Gasteiger partial charge in [0.2, 0.25) is 0 Å². The maximum Gasteiger partial charge on any atom is 0.408 e. The normalized spacial score (nSPS) is 14.8. The lowest BCUT2D eigenvalue weighted by Crippen LogP contribution is -2.52. The van der Waals surface area contributed by atoms with E-state index in [0.717, 1.165) is 53.0 Å². The van der Waals surface area contributed by atoms with E-state index in [1.807, 2.05) is 61.7 Å². The van der Waals surface area contributed by atoms with Crippen LogP contribution in [-0.2, 0) is 10.3 Å². The number of aromatic nitrogens is 2. The van der Waals surface area contributed by atoms with Gasteiger partial charge in [-0.25, -0.2) is 9.78 Å². The second kappa shape index (κ2) is 8.94. The van der Waals surface area contributed by atoms with Gasteiger partial charge in [0.15, 0.2) is 5.78 Å². The molecule has 6 heteroatoms. The molecule has 6 nitrogen and oxygen atoms in total. The Labute approximate surface area is 211 Å². The van der Waals surface area contributed by atoms with Crippen LogP contribution in [0.1, 0.15) is 62.9 Å². The average Bonchev–Trinajstić information content (AvgIpc) is 3.20. The Balaban J connectivity index is 1.53. The molecule has 2 aromatic carbocycles. The van der Waals surface area contributed by atoms with Crippen LogP contribution in [-0.4, -0.2) is 26.9 Å². The fourth-order valence-corrected chi connectivity index (χ4v) is 4.80. The Morgan fingerprint density at radius 3 is 2.25 bits per heavy atom. The third kappa shape index (κ3) is 4.51. The molecular formula is C30H31N3O3. The molecule has 1 aliphatic carbocycles. The number of rotatable bonds is 5. The summed E-state index contributed by atoms with van der Waals surface area (Å²) in [5.41, 5.74) is 5.30. The minimum absolute atomic E-state index is 0.0101. The highest BCUT2D eigenvalue weighted by Crippen LogP contribution is 2.42. The van der Waals surface area contributed by atoms with Gasteiger partial charge in [0.25, 0.3) is 0 Å². The number of imidazole rings is 1. The Morgan fingerprint density at radius 2 is 1.67 bits per heavy atom. The second-order valence-electron chi connectivity index (χ2n) is 10.5. The molecule has 0 saturated heterocycles. The molecule has 0 radical (unpaired) electrons. The molecule has 0 spiro atoms. The Morgan fingerprint density at radius 1 is 0.972 bits per heavy atom. The summed E-state index contributed by atoms with van der Waals surface area (Å²) in [6.07, 6.45) is 4.33. The predicted octanol–water partition coefficient (Wildman–Crippen LogP) is 6.77. The van der Waals surface area contributed by atoms with Gasteiger partial charge >= 0.3 is 6.09 Å². The zero-order valence-electron chi connectivity index (χ0n) is 21.2. The molecule has 0 atom stereocenters. The summed E-state index contributed by atoms with van der Waals surface area (Å²) in [4.78, 5) is 29.4. The number of fused-ring (bicyclic) bond motifs is 1. The summed E-state index contributed by atoms with van der Waals surface area (Å²) in [6, 6.07) is 22.1. The number of hydrogen-bond acceptors (Lipinski definition) is 4. The summed E-state index contributed by atoms with van der Waals surface area (Å²) in [7, 11) is 0. The fraction of sp³-hybridized carbons (Fsp3) is 0.300. The number of nitrogens with one attached hydrogen (secondary N) is 1. The van der Waals surface area contributed by atoms with Gasteiger partial charge in [-0.15, -0.1) is 0 Å². The number of ketones is 1. The smallest absolute Gasteiger partial charge is 0.408 e. The number of pyridine rings is 1. The van der Waals surface area contributed by atoms with E-state index in [9.17, 15) is 9.59 Å². The monoisotopic (exact) mass is 481 g/mol. The van der Waals surface area contributed by atoms with E-state index in [2.05, 4.69) is 41.7 Å². The Kier molecular flexibility index (Phi) is 5.91. The maximum absolute atomic E-state index is 12.5. The molecule has 5 rings (SSSR count). The lowest BCUT2D eigenvalue weighted by atomic mass is 9.71. The molecule has 2 heterocycles. The second-order valence-corrected chi connectivity index (χ2v) is 10.5. The van der Waals surface area contributed by atoms with E-state index >= 15 is 0 Å². The Bertz CT molecular complexity index is 1430. The van der Waals surface area contributed by atoms with Crippen LogP contribution in [0.2, 0.25) is 0 Å². The van der Waals surface area contributed by atoms with Crippen LogP contribution in [0.25, 0.3) is 28.2 Å². The minimum Gasteiger partial charge on any atom is -0.444 e. The lowest BCUT2D eigenvalue weighted by molar-refractivity contribution is 0.0377. The molecule has 0 aliphatic heterocycles. The quantitative estimate of drug-likeness (QED) is 0.319. The number of benzene rings is 2. The molecular weight excluding hydrogens is 450 g/mol. The van der Waals surface area contributed by atoms with E-state index in [1.54, 1.807) is 6.92 Å². The highest BCUT2D eigenvalue weighted by Gasteiger charge is 2.41. The lowest BCUT2D eigenvalue weighted by Gasteiger charge is -2.43. The van der Waals surface area contributed by atoms with Crippen LogP contribution in [0.4, 0.5) is 4.79 Å². The first-order valence-corrected chi connectivity index (χ1v) is 12.4. The van der Waals surface area contributed by atoms with Crippen LogP contribution < -0.4 is 5.32 Å². The van der Waals surface area contributed by atoms with Crippen LogP contribution in [0, 0.1) is 0 Å². The van der Waals surface area contributed by atoms with Crippen molar-refractivity contribution >= 4 is 17.5 Å². The summed E-state index contributed by atoms with van der Waals surface area (Å²) in [6.45, 7) is 7.17. The van der Waals surface area contributed by atoms with Crippen molar-refractivity contribution in [2.24, 2.45) is 0 Å². The van der Waals surface area contributed by atoms with E-state index in [0.29, 0.717) is 5.56 Å². The zero-order valence-corrected chi connectivity index (χ0v) is 21.2. The number of amides is 1. The minimum atomic E-state index is -0.544. The standard InChI is InChI=1S/C30H31N3O3/c1-20(34)23-15-18-33-25(19-23)31-26(27(33)22-9-6-5-7-10-22)21-11-13-24(14-12-21)30(16-8-17-30)32-28(35)36-29(2,3)4/h5-7,9-15,18-19H,8,16-17H2,1-4H3,(H,32,35). The van der Waals surface area contributed by atoms with Gasteiger partial charge in [-0.3, -0.25) is 9.20 Å². The SMILES string of the molecule is CC(=O)c1ccn2c(-c3ccccc3)c(-c3ccc(C4(NC(=O)OC(C)(C)C)CCC4)cc3)nc2c1. The number of ether oxygens (including phenoxy) is 1. The van der Waals surface area contributed by atoms with E-state index in [1.165, 1.54) is 0 Å². The van der Waals surface area contributed by atoms with Crippen molar-refractivity contribution in [1.82, 2.24) is 14.7 Å². The fourth-order valence-electron chi connectivity index (χ4n) is 4.80. The first kappa shape index (κ1) is 23.8. The third-order valence-electron chi connectivity index (χ3n) is 6.74. The largest absolute Gasteiger partial charge is 0.444 e. The van der Waals surface area contributed by atoms with Crippen molar-refractivity contribution in [1.29, 1.82) is 0 Å². The molecule has 2 aromatic heterocycles. The van der Waals surface area contributed by atoms with E-state index in [-0.39, 0.29) is 11.9 Å². The number of carbonyl (C=O) groups is 2. The van der Waals surface area contributed by atoms with Gasteiger partial charge in [-0.05, 0) is 64.7 Å². The maximum atomic E-state index is 12.5. The van der Waals surface area contributed by atoms with Crippen molar-refractivity contribution < 1.29 is 14.3 Å². The highest BCUT2D eigenvalue weighted by atomic mass is 16.6. The van der Waals surface area contributed by atoms with Crippen molar-refractivity contribution in [3.8, 4) is 22.5 Å². The molecule has 1 amide bonds. The first-order chi connectivity index (χ1) is 17.2. The molecule has 0 unspecified atom stereocenters. The number of alkyl carbamates (subject to hydrolysis) is 1. The van der Waals surface area contributed by atoms with Crippen molar-refractivity contribution in [3.05, 3.63) is 84.1 Å². The molecule has 1 N–H and O–H groups in total. The summed E-state index contributed by atoms with van der Waals surface area (Å²) < 4.78 is 7.55. The van der Waals surface area contributed by atoms with Gasteiger partial charge in [0.05, 0.1) is 16.9 Å². The van der Waals surface area contributed by atoms with Crippen molar-refractivity contribution in [3.63, 3.8) is 0 Å². The highest BCUT2D eigenvalue weighted by molar-refractivity contribution is 5.95. The summed E-state index contributed by atoms with van der Waals surface area (Å²) in [5.74, 6) is 0.0101. The van der Waals surface area contributed by atoms with Crippen LogP contribution in [0.5, 0.6) is 0 Å². The van der Waals surface area contributed by atoms with E-state index < -0.39 is 11.1 Å². The molecule has 1 aliphatic rings.